The number of amides is 1. The van der Waals surface area contributed by atoms with Gasteiger partial charge >= 0.3 is 10.1 Å². The minimum absolute atomic E-state index is 0.0235. The summed E-state index contributed by atoms with van der Waals surface area (Å²) < 4.78 is 30.6. The molecular weight excluding hydrogens is 546 g/mol. The van der Waals surface area contributed by atoms with E-state index < -0.39 is 15.0 Å². The van der Waals surface area contributed by atoms with Crippen LogP contribution in [0.1, 0.15) is 5.56 Å². The fourth-order valence-corrected chi connectivity index (χ4v) is 5.20. The van der Waals surface area contributed by atoms with E-state index in [1.165, 1.54) is 17.8 Å². The Morgan fingerprint density at radius 1 is 1.06 bits per heavy atom. The first-order valence-corrected chi connectivity index (χ1v) is 12.6. The number of hydrogen-bond donors (Lipinski definition) is 1. The Morgan fingerprint density at radius 3 is 2.41 bits per heavy atom. The minimum Gasteiger partial charge on any atom is -0.378 e. The highest BCUT2D eigenvalue weighted by molar-refractivity contribution is 9.10. The molecule has 0 saturated carbocycles. The van der Waals surface area contributed by atoms with Crippen LogP contribution < -0.4 is 9.50 Å². The second kappa shape index (κ2) is 9.79. The second-order valence-electron chi connectivity index (χ2n) is 6.80. The Bertz CT molecular complexity index is 1440. The first-order chi connectivity index (χ1) is 16.2. The molecule has 4 rings (SSSR count). The lowest BCUT2D eigenvalue weighted by atomic mass is 10.2. The van der Waals surface area contributed by atoms with Crippen molar-refractivity contribution in [3.8, 4) is 5.75 Å². The van der Waals surface area contributed by atoms with E-state index in [4.69, 9.17) is 4.18 Å². The minimum atomic E-state index is -4.21. The van der Waals surface area contributed by atoms with Crippen molar-refractivity contribution >= 4 is 66.3 Å². The molecule has 3 aromatic rings. The van der Waals surface area contributed by atoms with Crippen LogP contribution in [0.2, 0.25) is 0 Å². The van der Waals surface area contributed by atoms with E-state index in [9.17, 15) is 23.3 Å². The standard InChI is InChI=1S/C22H14BrN3O6S2/c23-18-12-14(13-20-21(27)25-22(33-20)24-15-4-2-1-3-5-15)6-11-19(18)32-34(30,31)17-9-7-16(8-10-17)26(28)29/h1-13H,(H,24,25,27)/b20-13-. The molecule has 1 aliphatic heterocycles. The summed E-state index contributed by atoms with van der Waals surface area (Å²) in [7, 11) is -4.21. The molecule has 0 aromatic heterocycles. The zero-order valence-corrected chi connectivity index (χ0v) is 20.3. The zero-order valence-electron chi connectivity index (χ0n) is 17.0. The SMILES string of the molecule is O=C1NC(=Nc2ccccc2)S/C1=C\c1ccc(OS(=O)(=O)c2ccc([N+](=O)[O-])cc2)c(Br)c1. The Balaban J connectivity index is 1.51. The summed E-state index contributed by atoms with van der Waals surface area (Å²) in [5.41, 5.74) is 1.11. The van der Waals surface area contributed by atoms with Gasteiger partial charge in [0.05, 0.1) is 20.0 Å². The van der Waals surface area contributed by atoms with Gasteiger partial charge in [-0.25, -0.2) is 4.99 Å². The molecule has 0 radical (unpaired) electrons. The van der Waals surface area contributed by atoms with E-state index in [0.29, 0.717) is 25.8 Å². The van der Waals surface area contributed by atoms with E-state index in [1.807, 2.05) is 30.3 Å². The summed E-state index contributed by atoms with van der Waals surface area (Å²) in [4.78, 5) is 27.0. The predicted octanol–water partition coefficient (Wildman–Crippen LogP) is 5.02. The number of carbonyl (C=O) groups excluding carboxylic acids is 1. The van der Waals surface area contributed by atoms with E-state index >= 15 is 0 Å². The fourth-order valence-electron chi connectivity index (χ4n) is 2.83. The van der Waals surface area contributed by atoms with Gasteiger partial charge in [0.1, 0.15) is 4.90 Å². The van der Waals surface area contributed by atoms with Crippen molar-refractivity contribution in [2.24, 2.45) is 4.99 Å². The number of nitro benzene ring substituents is 1. The van der Waals surface area contributed by atoms with Gasteiger partial charge in [-0.05, 0) is 75.7 Å². The molecule has 0 spiro atoms. The molecule has 9 nitrogen and oxygen atoms in total. The highest BCUT2D eigenvalue weighted by Gasteiger charge is 2.24. The maximum atomic E-state index is 12.5. The van der Waals surface area contributed by atoms with Gasteiger partial charge in [-0.3, -0.25) is 14.9 Å². The maximum absolute atomic E-state index is 12.5. The van der Waals surface area contributed by atoms with E-state index in [1.54, 1.807) is 18.2 Å². The van der Waals surface area contributed by atoms with Gasteiger partial charge in [0.25, 0.3) is 11.6 Å². The van der Waals surface area contributed by atoms with Gasteiger partial charge in [-0.2, -0.15) is 8.42 Å². The van der Waals surface area contributed by atoms with Crippen LogP contribution in [-0.4, -0.2) is 24.4 Å². The molecule has 0 aliphatic carbocycles. The van der Waals surface area contributed by atoms with E-state index in [2.05, 4.69) is 26.2 Å². The van der Waals surface area contributed by atoms with Crippen molar-refractivity contribution in [3.63, 3.8) is 0 Å². The lowest BCUT2D eigenvalue weighted by Gasteiger charge is -2.09. The van der Waals surface area contributed by atoms with Gasteiger partial charge in [0.2, 0.25) is 0 Å². The van der Waals surface area contributed by atoms with Crippen LogP contribution in [0.25, 0.3) is 6.08 Å². The maximum Gasteiger partial charge on any atom is 0.339 e. The smallest absolute Gasteiger partial charge is 0.339 e. The molecule has 3 aromatic carbocycles. The highest BCUT2D eigenvalue weighted by atomic mass is 79.9. The number of halogens is 1. The van der Waals surface area contributed by atoms with Gasteiger partial charge < -0.3 is 9.50 Å². The van der Waals surface area contributed by atoms with Crippen molar-refractivity contribution in [2.75, 3.05) is 0 Å². The van der Waals surface area contributed by atoms with Crippen LogP contribution in [-0.2, 0) is 14.9 Å². The number of rotatable bonds is 6. The van der Waals surface area contributed by atoms with Crippen LogP contribution >= 0.6 is 27.7 Å². The molecule has 1 heterocycles. The summed E-state index contributed by atoms with van der Waals surface area (Å²) in [6.45, 7) is 0. The zero-order chi connectivity index (χ0) is 24.3. The van der Waals surface area contributed by atoms with E-state index in [-0.39, 0.29) is 22.2 Å². The van der Waals surface area contributed by atoms with Crippen LogP contribution in [0.5, 0.6) is 5.75 Å². The third-order valence-corrected chi connectivity index (χ3v) is 7.21. The highest BCUT2D eigenvalue weighted by Crippen LogP contribution is 2.32. The van der Waals surface area contributed by atoms with Gasteiger partial charge in [0, 0.05) is 12.1 Å². The number of nitrogens with zero attached hydrogens (tertiary/aromatic N) is 2. The topological polar surface area (TPSA) is 128 Å². The van der Waals surface area contributed by atoms with Gasteiger partial charge in [-0.1, -0.05) is 24.3 Å². The number of hydrogen-bond acceptors (Lipinski definition) is 8. The van der Waals surface area contributed by atoms with Crippen LogP contribution in [0.4, 0.5) is 11.4 Å². The number of benzene rings is 3. The number of thioether (sulfide) groups is 1. The largest absolute Gasteiger partial charge is 0.378 e. The molecule has 1 saturated heterocycles. The Morgan fingerprint density at radius 2 is 1.76 bits per heavy atom. The lowest BCUT2D eigenvalue weighted by molar-refractivity contribution is -0.384. The van der Waals surface area contributed by atoms with Crippen molar-refractivity contribution in [1.82, 2.24) is 5.32 Å². The molecular formula is C22H14BrN3O6S2. The summed E-state index contributed by atoms with van der Waals surface area (Å²) in [6, 6.07) is 18.2. The quantitative estimate of drug-likeness (QED) is 0.194. The van der Waals surface area contributed by atoms with E-state index in [0.717, 1.165) is 24.3 Å². The van der Waals surface area contributed by atoms with Crippen molar-refractivity contribution < 1.29 is 22.3 Å². The van der Waals surface area contributed by atoms with Crippen molar-refractivity contribution in [2.45, 2.75) is 4.90 Å². The lowest BCUT2D eigenvalue weighted by Crippen LogP contribution is -2.19. The Hall–Kier alpha value is -3.48. The number of nitro groups is 1. The molecule has 1 aliphatic rings. The van der Waals surface area contributed by atoms with Crippen LogP contribution in [0, 0.1) is 10.1 Å². The summed E-state index contributed by atoms with van der Waals surface area (Å²) in [5, 5.41) is 13.9. The molecule has 12 heteroatoms. The molecule has 0 bridgehead atoms. The van der Waals surface area contributed by atoms with Crippen molar-refractivity contribution in [3.05, 3.63) is 97.9 Å². The number of non-ortho nitro benzene ring substituents is 1. The molecule has 1 N–H and O–H groups in total. The predicted molar refractivity (Wildman–Crippen MR) is 132 cm³/mol. The summed E-state index contributed by atoms with van der Waals surface area (Å²) in [6.07, 6.45) is 1.65. The first-order valence-electron chi connectivity index (χ1n) is 9.54. The first kappa shape index (κ1) is 23.7. The summed E-state index contributed by atoms with van der Waals surface area (Å²) in [5.74, 6) is -0.271. The Kier molecular flexibility index (Phi) is 6.82. The molecule has 172 valence electrons. The number of para-hydroxylation sites is 1. The average molecular weight is 560 g/mol. The molecule has 34 heavy (non-hydrogen) atoms. The Labute approximate surface area is 207 Å². The fraction of sp³-hybridized carbons (Fsp3) is 0. The number of amidine groups is 1. The molecule has 0 unspecified atom stereocenters. The average Bonchev–Trinajstić information content (AvgIpc) is 3.14. The van der Waals surface area contributed by atoms with Gasteiger partial charge in [-0.15, -0.1) is 0 Å². The van der Waals surface area contributed by atoms with Crippen molar-refractivity contribution in [1.29, 1.82) is 0 Å². The van der Waals surface area contributed by atoms with Gasteiger partial charge in [0.15, 0.2) is 10.9 Å². The van der Waals surface area contributed by atoms with Crippen LogP contribution in [0.15, 0.2) is 92.1 Å². The molecule has 1 amide bonds. The normalized spacial score (nSPS) is 16.0. The molecule has 1 fully saturated rings. The number of carbonyl (C=O) groups is 1. The van der Waals surface area contributed by atoms with Crippen LogP contribution in [0.3, 0.4) is 0 Å². The summed E-state index contributed by atoms with van der Waals surface area (Å²) >= 11 is 4.47. The number of nitrogens with one attached hydrogen (secondary N) is 1. The monoisotopic (exact) mass is 559 g/mol. The second-order valence-corrected chi connectivity index (χ2v) is 10.2. The third-order valence-electron chi connectivity index (χ3n) is 4.43. The third kappa shape index (κ3) is 5.53. The molecule has 0 atom stereocenters. The number of aliphatic imine (C=N–C) groups is 1.